The number of ether oxygens (including phenoxy) is 2. The fourth-order valence-electron chi connectivity index (χ4n) is 1.31. The lowest BCUT2D eigenvalue weighted by Gasteiger charge is -2.08. The monoisotopic (exact) mass is 274 g/mol. The van der Waals surface area contributed by atoms with Gasteiger partial charge in [-0.1, -0.05) is 0 Å². The highest BCUT2D eigenvalue weighted by Gasteiger charge is 2.03. The van der Waals surface area contributed by atoms with Crippen LogP contribution >= 0.6 is 0 Å². The third kappa shape index (κ3) is 13.1. The molecule has 0 bridgehead atoms. The molecule has 19 heavy (non-hydrogen) atoms. The van der Waals surface area contributed by atoms with Crippen LogP contribution in [0.3, 0.4) is 0 Å². The second kappa shape index (κ2) is 11.9. The highest BCUT2D eigenvalue weighted by atomic mass is 16.5. The van der Waals surface area contributed by atoms with Crippen LogP contribution in [0.25, 0.3) is 0 Å². The summed E-state index contributed by atoms with van der Waals surface area (Å²) in [5.74, 6) is -0.324. The zero-order valence-electron chi connectivity index (χ0n) is 12.2. The van der Waals surface area contributed by atoms with Crippen molar-refractivity contribution in [2.45, 2.75) is 39.7 Å². The predicted molar refractivity (Wildman–Crippen MR) is 72.8 cm³/mol. The highest BCUT2D eigenvalue weighted by molar-refractivity contribution is 5.78. The maximum atomic E-state index is 11.4. The zero-order chi connectivity index (χ0) is 14.5. The Hall–Kier alpha value is -1.14. The van der Waals surface area contributed by atoms with Crippen molar-refractivity contribution in [2.75, 3.05) is 32.8 Å². The predicted octanol–water partition coefficient (Wildman–Crippen LogP) is 0.461. The van der Waals surface area contributed by atoms with Crippen molar-refractivity contribution in [3.8, 4) is 0 Å². The number of amides is 1. The van der Waals surface area contributed by atoms with Gasteiger partial charge in [0, 0.05) is 19.7 Å². The maximum Gasteiger partial charge on any atom is 0.307 e. The van der Waals surface area contributed by atoms with E-state index in [0.717, 1.165) is 6.42 Å². The van der Waals surface area contributed by atoms with E-state index in [9.17, 15) is 9.59 Å². The quantitative estimate of drug-likeness (QED) is 0.423. The molecule has 0 aromatic rings. The highest BCUT2D eigenvalue weighted by Crippen LogP contribution is 1.89. The Labute approximate surface area is 115 Å². The van der Waals surface area contributed by atoms with Crippen LogP contribution in [-0.2, 0) is 19.1 Å². The molecular formula is C13H26N2O4. The summed E-state index contributed by atoms with van der Waals surface area (Å²) >= 11 is 0. The molecule has 0 aliphatic heterocycles. The number of nitrogens with one attached hydrogen (secondary N) is 2. The number of hydrogen-bond acceptors (Lipinski definition) is 5. The van der Waals surface area contributed by atoms with E-state index in [-0.39, 0.29) is 30.9 Å². The van der Waals surface area contributed by atoms with Crippen molar-refractivity contribution in [3.63, 3.8) is 0 Å². The average Bonchev–Trinajstić information content (AvgIpc) is 2.34. The van der Waals surface area contributed by atoms with Gasteiger partial charge >= 0.3 is 5.97 Å². The van der Waals surface area contributed by atoms with Gasteiger partial charge in [0.05, 0.1) is 25.7 Å². The molecule has 0 aromatic heterocycles. The summed E-state index contributed by atoms with van der Waals surface area (Å²) < 4.78 is 10.1. The topological polar surface area (TPSA) is 76.7 Å². The van der Waals surface area contributed by atoms with Crippen molar-refractivity contribution in [1.82, 2.24) is 10.6 Å². The number of esters is 1. The Morgan fingerprint density at radius 2 is 1.95 bits per heavy atom. The molecule has 0 spiro atoms. The molecule has 1 amide bonds. The first-order valence-corrected chi connectivity index (χ1v) is 6.80. The van der Waals surface area contributed by atoms with Crippen molar-refractivity contribution in [1.29, 1.82) is 0 Å². The molecule has 0 radical (unpaired) electrons. The molecule has 0 aromatic carbocycles. The van der Waals surface area contributed by atoms with Crippen LogP contribution < -0.4 is 10.6 Å². The maximum absolute atomic E-state index is 11.4. The largest absolute Gasteiger partial charge is 0.466 e. The Bertz CT molecular complexity index is 257. The van der Waals surface area contributed by atoms with E-state index < -0.39 is 0 Å². The van der Waals surface area contributed by atoms with Crippen LogP contribution in [0.2, 0.25) is 0 Å². The molecule has 0 saturated heterocycles. The van der Waals surface area contributed by atoms with E-state index in [1.165, 1.54) is 0 Å². The van der Waals surface area contributed by atoms with Crippen molar-refractivity contribution in [3.05, 3.63) is 0 Å². The Morgan fingerprint density at radius 3 is 2.58 bits per heavy atom. The van der Waals surface area contributed by atoms with Crippen molar-refractivity contribution < 1.29 is 19.1 Å². The second-order valence-corrected chi connectivity index (χ2v) is 4.35. The lowest BCUT2D eigenvalue weighted by molar-refractivity contribution is -0.143. The third-order valence-corrected chi connectivity index (χ3v) is 2.19. The van der Waals surface area contributed by atoms with E-state index in [2.05, 4.69) is 10.6 Å². The van der Waals surface area contributed by atoms with Crippen LogP contribution in [0.5, 0.6) is 0 Å². The van der Waals surface area contributed by atoms with Crippen molar-refractivity contribution in [2.24, 2.45) is 0 Å². The minimum Gasteiger partial charge on any atom is -0.466 e. The van der Waals surface area contributed by atoms with Gasteiger partial charge in [-0.15, -0.1) is 0 Å². The van der Waals surface area contributed by atoms with Gasteiger partial charge in [0.1, 0.15) is 0 Å². The van der Waals surface area contributed by atoms with Crippen LogP contribution in [0, 0.1) is 0 Å². The fraction of sp³-hybridized carbons (Fsp3) is 0.846. The molecule has 0 aliphatic rings. The van der Waals surface area contributed by atoms with Gasteiger partial charge in [0.15, 0.2) is 0 Å². The summed E-state index contributed by atoms with van der Waals surface area (Å²) in [4.78, 5) is 22.4. The summed E-state index contributed by atoms with van der Waals surface area (Å²) in [6.07, 6.45) is 1.30. The zero-order valence-corrected chi connectivity index (χ0v) is 12.2. The van der Waals surface area contributed by atoms with E-state index >= 15 is 0 Å². The van der Waals surface area contributed by atoms with Crippen LogP contribution in [0.1, 0.15) is 33.6 Å². The van der Waals surface area contributed by atoms with E-state index in [1.807, 2.05) is 13.8 Å². The van der Waals surface area contributed by atoms with Crippen LogP contribution in [0.15, 0.2) is 0 Å². The first kappa shape index (κ1) is 17.9. The molecule has 6 nitrogen and oxygen atoms in total. The van der Waals surface area contributed by atoms with E-state index in [4.69, 9.17) is 9.47 Å². The molecule has 2 N–H and O–H groups in total. The fourth-order valence-corrected chi connectivity index (χ4v) is 1.31. The molecule has 0 fully saturated rings. The lowest BCUT2D eigenvalue weighted by atomic mass is 10.4. The molecule has 0 atom stereocenters. The van der Waals surface area contributed by atoms with Crippen LogP contribution in [-0.4, -0.2) is 50.8 Å². The van der Waals surface area contributed by atoms with Crippen molar-refractivity contribution >= 4 is 11.9 Å². The molecule has 0 unspecified atom stereocenters. The molecule has 0 rings (SSSR count). The molecule has 0 saturated carbocycles. The second-order valence-electron chi connectivity index (χ2n) is 4.35. The number of hydrogen-bond donors (Lipinski definition) is 2. The first-order chi connectivity index (χ1) is 9.06. The summed E-state index contributed by atoms with van der Waals surface area (Å²) in [5.41, 5.74) is 0. The summed E-state index contributed by atoms with van der Waals surface area (Å²) in [5, 5.41) is 5.66. The molecule has 112 valence electrons. The molecule has 0 heterocycles. The Kier molecular flexibility index (Phi) is 11.2. The molecule has 6 heteroatoms. The Morgan fingerprint density at radius 1 is 1.21 bits per heavy atom. The smallest absolute Gasteiger partial charge is 0.307 e. The normalized spacial score (nSPS) is 10.5. The SMILES string of the molecule is CCOC(=O)CCNCC(=O)NCCCOC(C)C. The van der Waals surface area contributed by atoms with Gasteiger partial charge in [-0.25, -0.2) is 0 Å². The summed E-state index contributed by atoms with van der Waals surface area (Å²) in [6, 6.07) is 0. The summed E-state index contributed by atoms with van der Waals surface area (Å²) in [6.45, 7) is 8.02. The number of carbonyl (C=O) groups is 2. The average molecular weight is 274 g/mol. The number of rotatable bonds is 11. The molecule has 0 aliphatic carbocycles. The van der Waals surface area contributed by atoms with Gasteiger partial charge in [-0.05, 0) is 27.2 Å². The first-order valence-electron chi connectivity index (χ1n) is 6.80. The van der Waals surface area contributed by atoms with Gasteiger partial charge in [0.25, 0.3) is 0 Å². The van der Waals surface area contributed by atoms with Gasteiger partial charge in [-0.3, -0.25) is 9.59 Å². The van der Waals surface area contributed by atoms with Gasteiger partial charge in [0.2, 0.25) is 5.91 Å². The number of carbonyl (C=O) groups excluding carboxylic acids is 2. The minimum absolute atomic E-state index is 0.0756. The third-order valence-electron chi connectivity index (χ3n) is 2.19. The van der Waals surface area contributed by atoms with Gasteiger partial charge in [-0.2, -0.15) is 0 Å². The van der Waals surface area contributed by atoms with Gasteiger partial charge < -0.3 is 20.1 Å². The van der Waals surface area contributed by atoms with E-state index in [1.54, 1.807) is 6.92 Å². The van der Waals surface area contributed by atoms with E-state index in [0.29, 0.717) is 26.3 Å². The minimum atomic E-state index is -0.249. The summed E-state index contributed by atoms with van der Waals surface area (Å²) in [7, 11) is 0. The lowest BCUT2D eigenvalue weighted by Crippen LogP contribution is -2.35. The Balaban J connectivity index is 3.32. The standard InChI is InChI=1S/C13H26N2O4/c1-4-18-13(17)6-8-14-10-12(16)15-7-5-9-19-11(2)3/h11,14H,4-10H2,1-3H3,(H,15,16). The van der Waals surface area contributed by atoms with Crippen LogP contribution in [0.4, 0.5) is 0 Å². The molecular weight excluding hydrogens is 248 g/mol.